The third kappa shape index (κ3) is 4.66. The molecule has 0 radical (unpaired) electrons. The molecule has 1 aromatic carbocycles. The van der Waals surface area contributed by atoms with Crippen LogP contribution in [0, 0.1) is 0 Å². The van der Waals surface area contributed by atoms with E-state index >= 15 is 0 Å². The molecule has 0 unspecified atom stereocenters. The predicted octanol–water partition coefficient (Wildman–Crippen LogP) is 4.13. The summed E-state index contributed by atoms with van der Waals surface area (Å²) >= 11 is 0. The van der Waals surface area contributed by atoms with E-state index in [1.165, 1.54) is 5.57 Å². The summed E-state index contributed by atoms with van der Waals surface area (Å²) in [4.78, 5) is 18.0. The molecule has 0 saturated carbocycles. The van der Waals surface area contributed by atoms with Crippen LogP contribution in [0.15, 0.2) is 72.1 Å². The Hall–Kier alpha value is -2.68. The highest BCUT2D eigenvalue weighted by Crippen LogP contribution is 2.23. The molecule has 0 saturated heterocycles. The van der Waals surface area contributed by atoms with Crippen LogP contribution in [-0.2, 0) is 11.2 Å². The van der Waals surface area contributed by atoms with E-state index in [4.69, 9.17) is 0 Å². The maximum absolute atomic E-state index is 12.2. The number of amides is 1. The van der Waals surface area contributed by atoms with Gasteiger partial charge in [0.1, 0.15) is 0 Å². The molecule has 0 aliphatic heterocycles. The molecule has 2 aromatic rings. The minimum absolute atomic E-state index is 0.0274. The zero-order valence-corrected chi connectivity index (χ0v) is 14.8. The van der Waals surface area contributed by atoms with Gasteiger partial charge in [0.2, 0.25) is 5.91 Å². The van der Waals surface area contributed by atoms with Gasteiger partial charge in [-0.05, 0) is 54.7 Å². The standard InChI is InChI=1S/C21H24N2O/c1-16(21(24)23(3)4)13-20(14-18-9-8-12-22-15-18)17(2)19-10-6-5-7-11-19/h5-13,15H,14H2,1-4H3. The van der Waals surface area contributed by atoms with Crippen LogP contribution in [-0.4, -0.2) is 29.9 Å². The van der Waals surface area contributed by atoms with Crippen LogP contribution in [0.1, 0.15) is 25.0 Å². The van der Waals surface area contributed by atoms with Gasteiger partial charge < -0.3 is 4.90 Å². The van der Waals surface area contributed by atoms with Crippen molar-refractivity contribution < 1.29 is 4.79 Å². The number of rotatable bonds is 5. The molecule has 0 aliphatic rings. The van der Waals surface area contributed by atoms with Crippen molar-refractivity contribution in [2.75, 3.05) is 14.1 Å². The summed E-state index contributed by atoms with van der Waals surface area (Å²) in [6.45, 7) is 3.97. The second-order valence-corrected chi connectivity index (χ2v) is 6.08. The van der Waals surface area contributed by atoms with Crippen molar-refractivity contribution in [3.8, 4) is 0 Å². The van der Waals surface area contributed by atoms with Gasteiger partial charge in [0.15, 0.2) is 0 Å². The normalized spacial score (nSPS) is 12.6. The molecule has 1 aromatic heterocycles. The Balaban J connectivity index is 2.45. The maximum atomic E-state index is 12.2. The summed E-state index contributed by atoms with van der Waals surface area (Å²) in [5.74, 6) is 0.0274. The third-order valence-electron chi connectivity index (χ3n) is 3.94. The quantitative estimate of drug-likeness (QED) is 0.613. The number of nitrogens with zero attached hydrogens (tertiary/aromatic N) is 2. The molecule has 2 rings (SSSR count). The zero-order valence-electron chi connectivity index (χ0n) is 14.8. The van der Waals surface area contributed by atoms with Gasteiger partial charge in [0.05, 0.1) is 0 Å². The topological polar surface area (TPSA) is 33.2 Å². The maximum Gasteiger partial charge on any atom is 0.248 e. The molecule has 0 spiro atoms. The average molecular weight is 320 g/mol. The van der Waals surface area contributed by atoms with Gasteiger partial charge in [-0.3, -0.25) is 9.78 Å². The Morgan fingerprint density at radius 3 is 2.38 bits per heavy atom. The summed E-state index contributed by atoms with van der Waals surface area (Å²) in [5, 5.41) is 0. The number of likely N-dealkylation sites (N-methyl/N-ethyl adjacent to an activating group) is 1. The minimum Gasteiger partial charge on any atom is -0.345 e. The molecule has 124 valence electrons. The number of pyridine rings is 1. The number of carbonyl (C=O) groups is 1. The number of hydrogen-bond donors (Lipinski definition) is 0. The van der Waals surface area contributed by atoms with E-state index in [9.17, 15) is 4.79 Å². The summed E-state index contributed by atoms with van der Waals surface area (Å²) in [5.41, 5.74) is 5.32. The minimum atomic E-state index is 0.0274. The lowest BCUT2D eigenvalue weighted by Crippen LogP contribution is -2.22. The van der Waals surface area contributed by atoms with Crippen molar-refractivity contribution >= 4 is 11.5 Å². The van der Waals surface area contributed by atoms with Gasteiger partial charge in [-0.2, -0.15) is 0 Å². The fraction of sp³-hybridized carbons (Fsp3) is 0.238. The first-order chi connectivity index (χ1) is 11.5. The lowest BCUT2D eigenvalue weighted by atomic mass is 9.95. The highest BCUT2D eigenvalue weighted by molar-refractivity contribution is 5.93. The monoisotopic (exact) mass is 320 g/mol. The summed E-state index contributed by atoms with van der Waals surface area (Å²) in [6.07, 6.45) is 6.38. The van der Waals surface area contributed by atoms with Crippen LogP contribution in [0.4, 0.5) is 0 Å². The fourth-order valence-corrected chi connectivity index (χ4v) is 2.56. The largest absolute Gasteiger partial charge is 0.345 e. The van der Waals surface area contributed by atoms with Gasteiger partial charge in [0.25, 0.3) is 0 Å². The molecular weight excluding hydrogens is 296 g/mol. The van der Waals surface area contributed by atoms with Crippen molar-refractivity contribution in [2.45, 2.75) is 20.3 Å². The molecule has 1 amide bonds. The van der Waals surface area contributed by atoms with Crippen LogP contribution >= 0.6 is 0 Å². The lowest BCUT2D eigenvalue weighted by Gasteiger charge is -2.14. The Bertz CT molecular complexity index is 744. The molecule has 0 atom stereocenters. The number of hydrogen-bond acceptors (Lipinski definition) is 2. The summed E-state index contributed by atoms with van der Waals surface area (Å²) in [7, 11) is 3.54. The Morgan fingerprint density at radius 1 is 1.08 bits per heavy atom. The summed E-state index contributed by atoms with van der Waals surface area (Å²) in [6, 6.07) is 14.2. The number of aromatic nitrogens is 1. The number of carbonyl (C=O) groups excluding carboxylic acids is 1. The average Bonchev–Trinajstić information content (AvgIpc) is 2.61. The van der Waals surface area contributed by atoms with Crippen molar-refractivity contribution in [2.24, 2.45) is 0 Å². The van der Waals surface area contributed by atoms with E-state index in [0.717, 1.165) is 28.7 Å². The van der Waals surface area contributed by atoms with Crippen molar-refractivity contribution in [1.82, 2.24) is 9.88 Å². The first-order valence-corrected chi connectivity index (χ1v) is 8.03. The van der Waals surface area contributed by atoms with Gasteiger partial charge in [-0.25, -0.2) is 0 Å². The Labute approximate surface area is 144 Å². The predicted molar refractivity (Wildman–Crippen MR) is 99.4 cm³/mol. The van der Waals surface area contributed by atoms with Gasteiger partial charge >= 0.3 is 0 Å². The molecule has 0 aliphatic carbocycles. The van der Waals surface area contributed by atoms with Crippen molar-refractivity contribution in [3.63, 3.8) is 0 Å². The van der Waals surface area contributed by atoms with Crippen molar-refractivity contribution in [1.29, 1.82) is 0 Å². The molecular formula is C21H24N2O. The van der Waals surface area contributed by atoms with Crippen LogP contribution < -0.4 is 0 Å². The van der Waals surface area contributed by atoms with Gasteiger partial charge in [-0.15, -0.1) is 0 Å². The number of benzene rings is 1. The first kappa shape index (κ1) is 17.7. The smallest absolute Gasteiger partial charge is 0.248 e. The molecule has 0 bridgehead atoms. The van der Waals surface area contributed by atoms with Crippen LogP contribution in [0.25, 0.3) is 5.57 Å². The van der Waals surface area contributed by atoms with Crippen LogP contribution in [0.5, 0.6) is 0 Å². The number of allylic oxidation sites excluding steroid dienone is 3. The molecule has 3 heteroatoms. The van der Waals surface area contributed by atoms with Crippen molar-refractivity contribution in [3.05, 3.63) is 83.2 Å². The van der Waals surface area contributed by atoms with Crippen LogP contribution in [0.2, 0.25) is 0 Å². The second-order valence-electron chi connectivity index (χ2n) is 6.08. The zero-order chi connectivity index (χ0) is 17.5. The Morgan fingerprint density at radius 2 is 1.79 bits per heavy atom. The molecule has 1 heterocycles. The Kier molecular flexibility index (Phi) is 6.07. The molecule has 0 fully saturated rings. The molecule has 3 nitrogen and oxygen atoms in total. The molecule has 0 N–H and O–H groups in total. The SMILES string of the molecule is CC(=CC(Cc1cccnc1)=C(C)c1ccccc1)C(=O)N(C)C. The first-order valence-electron chi connectivity index (χ1n) is 8.03. The van der Waals surface area contributed by atoms with Gasteiger partial charge in [0, 0.05) is 32.1 Å². The van der Waals surface area contributed by atoms with Crippen LogP contribution in [0.3, 0.4) is 0 Å². The third-order valence-corrected chi connectivity index (χ3v) is 3.94. The van der Waals surface area contributed by atoms with E-state index in [0.29, 0.717) is 0 Å². The second kappa shape index (κ2) is 8.25. The fourth-order valence-electron chi connectivity index (χ4n) is 2.56. The highest BCUT2D eigenvalue weighted by Gasteiger charge is 2.10. The lowest BCUT2D eigenvalue weighted by molar-refractivity contribution is -0.124. The highest BCUT2D eigenvalue weighted by atomic mass is 16.2. The summed E-state index contributed by atoms with van der Waals surface area (Å²) < 4.78 is 0. The van der Waals surface area contributed by atoms with E-state index in [2.05, 4.69) is 30.1 Å². The molecule has 24 heavy (non-hydrogen) atoms. The van der Waals surface area contributed by atoms with E-state index in [1.54, 1.807) is 25.2 Å². The van der Waals surface area contributed by atoms with E-state index in [1.807, 2.05) is 43.5 Å². The van der Waals surface area contributed by atoms with E-state index < -0.39 is 0 Å². The van der Waals surface area contributed by atoms with E-state index in [-0.39, 0.29) is 5.91 Å². The van der Waals surface area contributed by atoms with Gasteiger partial charge in [-0.1, -0.05) is 36.4 Å².